The summed E-state index contributed by atoms with van der Waals surface area (Å²) >= 11 is 0. The summed E-state index contributed by atoms with van der Waals surface area (Å²) in [5.74, 6) is 5.69. The Balaban J connectivity index is 1.65. The van der Waals surface area contributed by atoms with E-state index in [0.29, 0.717) is 28.2 Å². The number of hydrogen-bond acceptors (Lipinski definition) is 6. The summed E-state index contributed by atoms with van der Waals surface area (Å²) in [6, 6.07) is 10.8. The zero-order valence-corrected chi connectivity index (χ0v) is 18.2. The predicted octanol–water partition coefficient (Wildman–Crippen LogP) is 2.57. The standard InChI is InChI=1S/C24H24FN7O/c1-30-7-9-31(10-8-30)21-12-19(25)13-22(14-21)32(24(27)33)20-4-2-3-17(11-20)5-6-18-15-28-23(26)29-16-18/h2-4,11-16H,7-10H2,1H3,(H2,27,33)(H2,26,28,29). The van der Waals surface area contributed by atoms with Crippen LogP contribution in [0, 0.1) is 17.7 Å². The third-order valence-corrected chi connectivity index (χ3v) is 5.34. The highest BCUT2D eigenvalue weighted by atomic mass is 19.1. The van der Waals surface area contributed by atoms with Gasteiger partial charge in [-0.3, -0.25) is 4.90 Å². The van der Waals surface area contributed by atoms with Gasteiger partial charge in [0.05, 0.1) is 16.9 Å². The van der Waals surface area contributed by atoms with Crippen LogP contribution in [0.15, 0.2) is 54.9 Å². The van der Waals surface area contributed by atoms with E-state index in [4.69, 9.17) is 11.5 Å². The number of halogens is 1. The molecule has 4 N–H and O–H groups in total. The van der Waals surface area contributed by atoms with E-state index >= 15 is 0 Å². The van der Waals surface area contributed by atoms with Gasteiger partial charge in [0, 0.05) is 49.8 Å². The van der Waals surface area contributed by atoms with Gasteiger partial charge >= 0.3 is 6.03 Å². The van der Waals surface area contributed by atoms with Gasteiger partial charge in [0.15, 0.2) is 0 Å². The van der Waals surface area contributed by atoms with Crippen LogP contribution in [0.3, 0.4) is 0 Å². The lowest BCUT2D eigenvalue weighted by Gasteiger charge is -2.34. The van der Waals surface area contributed by atoms with Gasteiger partial charge in [-0.1, -0.05) is 17.9 Å². The molecule has 1 aliphatic rings. The number of carbonyl (C=O) groups is 1. The Bertz CT molecular complexity index is 1210. The molecule has 8 nitrogen and oxygen atoms in total. The predicted molar refractivity (Wildman–Crippen MR) is 127 cm³/mol. The van der Waals surface area contributed by atoms with Crippen LogP contribution in [0.4, 0.5) is 32.2 Å². The number of nitrogens with two attached hydrogens (primary N) is 2. The number of carbonyl (C=O) groups excluding carboxylic acids is 1. The monoisotopic (exact) mass is 445 g/mol. The Morgan fingerprint density at radius 2 is 1.70 bits per heavy atom. The number of nitrogens with zero attached hydrogens (tertiary/aromatic N) is 5. The molecule has 0 saturated carbocycles. The second-order valence-corrected chi connectivity index (χ2v) is 7.76. The lowest BCUT2D eigenvalue weighted by molar-refractivity contribution is 0.256. The number of likely N-dealkylation sites (N-methyl/N-ethyl adjacent to an activating group) is 1. The van der Waals surface area contributed by atoms with Crippen LogP contribution in [-0.2, 0) is 0 Å². The Morgan fingerprint density at radius 1 is 1.00 bits per heavy atom. The molecule has 0 atom stereocenters. The van der Waals surface area contributed by atoms with Gasteiger partial charge in [0.25, 0.3) is 0 Å². The number of hydrogen-bond donors (Lipinski definition) is 2. The first-order valence-corrected chi connectivity index (χ1v) is 10.4. The highest BCUT2D eigenvalue weighted by Crippen LogP contribution is 2.31. The van der Waals surface area contributed by atoms with E-state index in [1.165, 1.54) is 29.4 Å². The summed E-state index contributed by atoms with van der Waals surface area (Å²) in [5, 5.41) is 0. The lowest BCUT2D eigenvalue weighted by Crippen LogP contribution is -2.44. The fourth-order valence-electron chi connectivity index (χ4n) is 3.61. The van der Waals surface area contributed by atoms with E-state index in [-0.39, 0.29) is 5.95 Å². The molecule has 1 aliphatic heterocycles. The van der Waals surface area contributed by atoms with Crippen molar-refractivity contribution in [1.82, 2.24) is 14.9 Å². The first-order valence-electron chi connectivity index (χ1n) is 10.4. The third-order valence-electron chi connectivity index (χ3n) is 5.34. The Labute approximate surface area is 191 Å². The van der Waals surface area contributed by atoms with Crippen molar-refractivity contribution in [3.8, 4) is 11.8 Å². The molecule has 2 amide bonds. The topological polar surface area (TPSA) is 105 Å². The maximum atomic E-state index is 14.6. The van der Waals surface area contributed by atoms with Crippen molar-refractivity contribution in [2.45, 2.75) is 0 Å². The second-order valence-electron chi connectivity index (χ2n) is 7.76. The largest absolute Gasteiger partial charge is 0.369 e. The molecule has 2 heterocycles. The number of aromatic nitrogens is 2. The lowest BCUT2D eigenvalue weighted by atomic mass is 10.1. The van der Waals surface area contributed by atoms with E-state index in [2.05, 4.69) is 38.7 Å². The van der Waals surface area contributed by atoms with E-state index in [1.807, 2.05) is 0 Å². The zero-order valence-electron chi connectivity index (χ0n) is 18.2. The number of rotatable bonds is 3. The summed E-state index contributed by atoms with van der Waals surface area (Å²) in [7, 11) is 2.05. The number of amides is 2. The van der Waals surface area contributed by atoms with Crippen molar-refractivity contribution in [2.24, 2.45) is 5.73 Å². The Hall–Kier alpha value is -4.16. The molecule has 168 valence electrons. The van der Waals surface area contributed by atoms with Gasteiger partial charge in [-0.15, -0.1) is 0 Å². The number of piperazine rings is 1. The van der Waals surface area contributed by atoms with Gasteiger partial charge < -0.3 is 21.3 Å². The fraction of sp³-hybridized carbons (Fsp3) is 0.208. The van der Waals surface area contributed by atoms with E-state index < -0.39 is 11.8 Å². The van der Waals surface area contributed by atoms with E-state index in [0.717, 1.165) is 26.2 Å². The molecule has 2 aromatic carbocycles. The van der Waals surface area contributed by atoms with Gasteiger partial charge in [0.2, 0.25) is 5.95 Å². The Morgan fingerprint density at radius 3 is 2.39 bits per heavy atom. The smallest absolute Gasteiger partial charge is 0.323 e. The summed E-state index contributed by atoms with van der Waals surface area (Å²) in [6.07, 6.45) is 3.06. The SMILES string of the molecule is CN1CCN(c2cc(F)cc(N(C(N)=O)c3cccc(C#Cc4cnc(N)nc4)c3)c2)CC1. The van der Waals surface area contributed by atoms with Crippen LogP contribution in [0.1, 0.15) is 11.1 Å². The van der Waals surface area contributed by atoms with Crippen molar-refractivity contribution >= 4 is 29.0 Å². The van der Waals surface area contributed by atoms with E-state index in [1.54, 1.807) is 30.3 Å². The van der Waals surface area contributed by atoms with Crippen molar-refractivity contribution in [3.63, 3.8) is 0 Å². The average molecular weight is 446 g/mol. The van der Waals surface area contributed by atoms with Crippen LogP contribution in [0.25, 0.3) is 0 Å². The molecule has 0 bridgehead atoms. The normalized spacial score (nSPS) is 13.8. The molecule has 0 unspecified atom stereocenters. The van der Waals surface area contributed by atoms with Crippen molar-refractivity contribution < 1.29 is 9.18 Å². The highest BCUT2D eigenvalue weighted by Gasteiger charge is 2.20. The third kappa shape index (κ3) is 5.37. The second kappa shape index (κ2) is 9.54. The maximum absolute atomic E-state index is 14.6. The van der Waals surface area contributed by atoms with Crippen LogP contribution in [0.2, 0.25) is 0 Å². The molecule has 3 aromatic rings. The average Bonchev–Trinajstić information content (AvgIpc) is 2.79. The summed E-state index contributed by atoms with van der Waals surface area (Å²) in [4.78, 5) is 25.8. The van der Waals surface area contributed by atoms with Crippen LogP contribution >= 0.6 is 0 Å². The van der Waals surface area contributed by atoms with Gasteiger partial charge in [0.1, 0.15) is 5.82 Å². The number of nitrogen functional groups attached to an aromatic ring is 1. The minimum atomic E-state index is -0.720. The number of primary amides is 1. The van der Waals surface area contributed by atoms with Crippen LogP contribution in [-0.4, -0.2) is 54.1 Å². The van der Waals surface area contributed by atoms with Crippen molar-refractivity contribution in [1.29, 1.82) is 0 Å². The zero-order chi connectivity index (χ0) is 23.4. The number of urea groups is 1. The van der Waals surface area contributed by atoms with Crippen LogP contribution < -0.4 is 21.3 Å². The minimum absolute atomic E-state index is 0.172. The van der Waals surface area contributed by atoms with Gasteiger partial charge in [-0.05, 0) is 43.4 Å². The minimum Gasteiger partial charge on any atom is -0.369 e. The van der Waals surface area contributed by atoms with Crippen LogP contribution in [0.5, 0.6) is 0 Å². The molecule has 9 heteroatoms. The summed E-state index contributed by atoms with van der Waals surface area (Å²) < 4.78 is 14.6. The quantitative estimate of drug-likeness (QED) is 0.601. The molecule has 0 aliphatic carbocycles. The van der Waals surface area contributed by atoms with Gasteiger partial charge in [-0.2, -0.15) is 0 Å². The Kier molecular flexibility index (Phi) is 6.38. The molecule has 1 saturated heterocycles. The fourth-order valence-corrected chi connectivity index (χ4v) is 3.61. The number of benzene rings is 2. The molecule has 0 radical (unpaired) electrons. The molecule has 1 aromatic heterocycles. The molecular formula is C24H24FN7O. The van der Waals surface area contributed by atoms with E-state index in [9.17, 15) is 9.18 Å². The van der Waals surface area contributed by atoms with Gasteiger partial charge in [-0.25, -0.2) is 19.2 Å². The van der Waals surface area contributed by atoms with Crippen molar-refractivity contribution in [2.75, 3.05) is 48.8 Å². The number of anilines is 4. The molecule has 33 heavy (non-hydrogen) atoms. The van der Waals surface area contributed by atoms with Crippen molar-refractivity contribution in [3.05, 3.63) is 71.8 Å². The molecule has 4 rings (SSSR count). The summed E-state index contributed by atoms with van der Waals surface area (Å²) in [6.45, 7) is 3.31. The first kappa shape index (κ1) is 22.0. The molecular weight excluding hydrogens is 421 g/mol. The molecule has 1 fully saturated rings. The highest BCUT2D eigenvalue weighted by molar-refractivity contribution is 5.99. The summed E-state index contributed by atoms with van der Waals surface area (Å²) in [5.41, 5.74) is 14.0. The maximum Gasteiger partial charge on any atom is 0.323 e. The molecule has 0 spiro atoms. The first-order chi connectivity index (χ1) is 15.9.